The van der Waals surface area contributed by atoms with Crippen LogP contribution < -0.4 is 4.90 Å². The molecule has 0 saturated carbocycles. The molecule has 0 N–H and O–H groups in total. The topological polar surface area (TPSA) is 8.17 Å². The highest BCUT2D eigenvalue weighted by Crippen LogP contribution is 2.46. The van der Waals surface area contributed by atoms with E-state index in [1.165, 1.54) is 71.9 Å². The van der Waals surface area contributed by atoms with Gasteiger partial charge in [0.1, 0.15) is 0 Å². The highest BCUT2D eigenvalue weighted by Gasteiger charge is 2.21. The first-order valence-corrected chi connectivity index (χ1v) is 21.3. The van der Waals surface area contributed by atoms with E-state index < -0.39 is 0 Å². The smallest absolute Gasteiger partial charge is 0.0541 e. The fraction of sp³-hybridized carbons (Fsp3) is 0. The van der Waals surface area contributed by atoms with Crippen LogP contribution >= 0.6 is 0 Å². The van der Waals surface area contributed by atoms with Gasteiger partial charge in [-0.1, -0.05) is 200 Å². The zero-order chi connectivity index (χ0) is 41.2. The third kappa shape index (κ3) is 6.65. The standard InChI is InChI=1S/C60H42N2/c1-3-19-43(20-4-1)49-23-7-8-24-50(49)45-35-37-46(38-36-45)61(47-39-41-48(42-40-47)62-59-33-17-14-30-56(59)57-31-15-18-34-60(57)62)58-32-16-13-29-55(58)54-28-12-11-27-53(54)52-26-10-9-25-51(52)44-21-5-2-6-22-44/h1-42H. The molecule has 0 amide bonds. The minimum atomic E-state index is 1.07. The monoisotopic (exact) mass is 790 g/mol. The number of para-hydroxylation sites is 3. The molecule has 0 spiro atoms. The highest BCUT2D eigenvalue weighted by atomic mass is 15.1. The van der Waals surface area contributed by atoms with Gasteiger partial charge in [-0.05, 0) is 105 Å². The van der Waals surface area contributed by atoms with Crippen molar-refractivity contribution >= 4 is 38.9 Å². The first-order chi connectivity index (χ1) is 30.8. The van der Waals surface area contributed by atoms with E-state index in [-0.39, 0.29) is 0 Å². The second-order valence-electron chi connectivity index (χ2n) is 15.7. The molecule has 0 radical (unpaired) electrons. The number of hydrogen-bond acceptors (Lipinski definition) is 1. The molecule has 11 rings (SSSR count). The van der Waals surface area contributed by atoms with Crippen molar-refractivity contribution in [2.24, 2.45) is 0 Å². The molecule has 62 heavy (non-hydrogen) atoms. The van der Waals surface area contributed by atoms with E-state index in [0.717, 1.165) is 28.3 Å². The summed E-state index contributed by atoms with van der Waals surface area (Å²) in [6.07, 6.45) is 0. The van der Waals surface area contributed by atoms with Gasteiger partial charge in [-0.3, -0.25) is 0 Å². The van der Waals surface area contributed by atoms with Crippen molar-refractivity contribution in [2.45, 2.75) is 0 Å². The molecule has 11 aromatic rings. The second kappa shape index (κ2) is 16.1. The Bertz CT molecular complexity index is 3270. The average Bonchev–Trinajstić information content (AvgIpc) is 3.70. The Morgan fingerprint density at radius 2 is 0.581 bits per heavy atom. The fourth-order valence-corrected chi connectivity index (χ4v) is 9.21. The average molecular weight is 791 g/mol. The van der Waals surface area contributed by atoms with Crippen molar-refractivity contribution < 1.29 is 0 Å². The van der Waals surface area contributed by atoms with E-state index in [1.54, 1.807) is 0 Å². The van der Waals surface area contributed by atoms with Gasteiger partial charge < -0.3 is 9.47 Å². The number of rotatable bonds is 9. The summed E-state index contributed by atoms with van der Waals surface area (Å²) in [6.45, 7) is 0. The number of aromatic nitrogens is 1. The molecule has 0 saturated heterocycles. The van der Waals surface area contributed by atoms with Crippen LogP contribution in [0.15, 0.2) is 255 Å². The van der Waals surface area contributed by atoms with E-state index >= 15 is 0 Å². The molecule has 0 fully saturated rings. The SMILES string of the molecule is c1ccc(-c2ccccc2-c2ccc(N(c3ccc(-n4c5ccccc5c5ccccc54)cc3)c3ccccc3-c3ccccc3-c3ccccc3-c3ccccc3)cc2)cc1. The van der Waals surface area contributed by atoms with E-state index in [1.807, 2.05) is 0 Å². The summed E-state index contributed by atoms with van der Waals surface area (Å²) in [4.78, 5) is 2.41. The normalized spacial score (nSPS) is 11.2. The van der Waals surface area contributed by atoms with Crippen LogP contribution in [-0.2, 0) is 0 Å². The predicted molar refractivity (Wildman–Crippen MR) is 263 cm³/mol. The van der Waals surface area contributed by atoms with Gasteiger partial charge in [-0.25, -0.2) is 0 Å². The molecule has 10 aromatic carbocycles. The molecular weight excluding hydrogens is 749 g/mol. The van der Waals surface area contributed by atoms with Crippen LogP contribution in [0.5, 0.6) is 0 Å². The molecule has 0 bridgehead atoms. The molecule has 0 aliphatic carbocycles. The van der Waals surface area contributed by atoms with Crippen molar-refractivity contribution in [2.75, 3.05) is 4.90 Å². The number of fused-ring (bicyclic) bond motifs is 3. The Balaban J connectivity index is 1.07. The van der Waals surface area contributed by atoms with Gasteiger partial charge in [0.25, 0.3) is 0 Å². The Morgan fingerprint density at radius 1 is 0.242 bits per heavy atom. The summed E-state index contributed by atoms with van der Waals surface area (Å²) in [7, 11) is 0. The molecule has 0 aliphatic heterocycles. The number of nitrogens with zero attached hydrogens (tertiary/aromatic N) is 2. The van der Waals surface area contributed by atoms with Gasteiger partial charge in [0.2, 0.25) is 0 Å². The van der Waals surface area contributed by atoms with Crippen molar-refractivity contribution in [3.05, 3.63) is 255 Å². The maximum Gasteiger partial charge on any atom is 0.0541 e. The molecule has 2 heteroatoms. The van der Waals surface area contributed by atoms with Gasteiger partial charge in [0, 0.05) is 33.4 Å². The lowest BCUT2D eigenvalue weighted by Gasteiger charge is -2.29. The largest absolute Gasteiger partial charge is 0.310 e. The summed E-state index contributed by atoms with van der Waals surface area (Å²) < 4.78 is 2.38. The van der Waals surface area contributed by atoms with Crippen LogP contribution in [-0.4, -0.2) is 4.57 Å². The van der Waals surface area contributed by atoms with Crippen LogP contribution in [0.4, 0.5) is 17.1 Å². The lowest BCUT2D eigenvalue weighted by Crippen LogP contribution is -2.11. The van der Waals surface area contributed by atoms with Gasteiger partial charge in [-0.2, -0.15) is 0 Å². The first-order valence-electron chi connectivity index (χ1n) is 21.3. The van der Waals surface area contributed by atoms with Gasteiger partial charge >= 0.3 is 0 Å². The molecule has 292 valence electrons. The number of hydrogen-bond donors (Lipinski definition) is 0. The van der Waals surface area contributed by atoms with E-state index in [4.69, 9.17) is 0 Å². The Hall–Kier alpha value is -8.20. The lowest BCUT2D eigenvalue weighted by atomic mass is 9.88. The quantitative estimate of drug-likeness (QED) is 0.141. The summed E-state index contributed by atoms with van der Waals surface area (Å²) >= 11 is 0. The van der Waals surface area contributed by atoms with Crippen LogP contribution in [0, 0.1) is 0 Å². The van der Waals surface area contributed by atoms with E-state index in [9.17, 15) is 0 Å². The Kier molecular flexibility index (Phi) is 9.57. The molecule has 2 nitrogen and oxygen atoms in total. The lowest BCUT2D eigenvalue weighted by molar-refractivity contribution is 1.17. The molecule has 1 heterocycles. The maximum absolute atomic E-state index is 2.41. The van der Waals surface area contributed by atoms with E-state index in [0.29, 0.717) is 0 Å². The Labute approximate surface area is 362 Å². The molecular formula is C60H42N2. The molecule has 0 unspecified atom stereocenters. The van der Waals surface area contributed by atoms with Crippen molar-refractivity contribution in [3.8, 4) is 61.3 Å². The predicted octanol–water partition coefficient (Wildman–Crippen LogP) is 16.6. The third-order valence-corrected chi connectivity index (χ3v) is 12.1. The number of anilines is 3. The summed E-state index contributed by atoms with van der Waals surface area (Å²) in [5.41, 5.74) is 18.7. The van der Waals surface area contributed by atoms with Crippen molar-refractivity contribution in [3.63, 3.8) is 0 Å². The van der Waals surface area contributed by atoms with Gasteiger partial charge in [0.05, 0.1) is 16.7 Å². The fourth-order valence-electron chi connectivity index (χ4n) is 9.21. The van der Waals surface area contributed by atoms with Gasteiger partial charge in [-0.15, -0.1) is 0 Å². The summed E-state index contributed by atoms with van der Waals surface area (Å²) in [5.74, 6) is 0. The third-order valence-electron chi connectivity index (χ3n) is 12.1. The minimum Gasteiger partial charge on any atom is -0.310 e. The molecule has 1 aromatic heterocycles. The Morgan fingerprint density at radius 3 is 1.10 bits per heavy atom. The van der Waals surface area contributed by atoms with E-state index in [2.05, 4.69) is 264 Å². The van der Waals surface area contributed by atoms with Gasteiger partial charge in [0.15, 0.2) is 0 Å². The van der Waals surface area contributed by atoms with Crippen LogP contribution in [0.2, 0.25) is 0 Å². The zero-order valence-electron chi connectivity index (χ0n) is 34.1. The van der Waals surface area contributed by atoms with Crippen molar-refractivity contribution in [1.82, 2.24) is 4.57 Å². The second-order valence-corrected chi connectivity index (χ2v) is 15.7. The molecule has 0 atom stereocenters. The first kappa shape index (κ1) is 36.8. The summed E-state index contributed by atoms with van der Waals surface area (Å²) in [5, 5.41) is 2.51. The minimum absolute atomic E-state index is 1.07. The van der Waals surface area contributed by atoms with Crippen LogP contribution in [0.3, 0.4) is 0 Å². The number of benzene rings is 10. The highest BCUT2D eigenvalue weighted by molar-refractivity contribution is 6.09. The van der Waals surface area contributed by atoms with Crippen LogP contribution in [0.25, 0.3) is 83.1 Å². The van der Waals surface area contributed by atoms with Crippen LogP contribution in [0.1, 0.15) is 0 Å². The summed E-state index contributed by atoms with van der Waals surface area (Å²) in [6, 6.07) is 92.0. The zero-order valence-corrected chi connectivity index (χ0v) is 34.1. The van der Waals surface area contributed by atoms with Crippen molar-refractivity contribution in [1.29, 1.82) is 0 Å². The molecule has 0 aliphatic rings. The maximum atomic E-state index is 2.41.